The predicted molar refractivity (Wildman–Crippen MR) is 77.4 cm³/mol. The molecule has 1 aromatic carbocycles. The summed E-state index contributed by atoms with van der Waals surface area (Å²) < 4.78 is 0. The molecular weight excluding hydrogens is 234 g/mol. The van der Waals surface area contributed by atoms with Crippen molar-refractivity contribution in [3.8, 4) is 0 Å². The first-order valence-electron chi connectivity index (χ1n) is 7.28. The molecule has 0 amide bonds. The van der Waals surface area contributed by atoms with Gasteiger partial charge in [-0.2, -0.15) is 10.2 Å². The predicted octanol–water partition coefficient (Wildman–Crippen LogP) is 4.57. The molecular formula is C16H21N3. The van der Waals surface area contributed by atoms with Gasteiger partial charge in [0.15, 0.2) is 0 Å². The lowest BCUT2D eigenvalue weighted by molar-refractivity contribution is 0.265. The first-order chi connectivity index (χ1) is 9.33. The zero-order valence-corrected chi connectivity index (χ0v) is 11.6. The van der Waals surface area contributed by atoms with Crippen molar-refractivity contribution < 1.29 is 0 Å². The molecule has 0 radical (unpaired) electrons. The van der Waals surface area contributed by atoms with Gasteiger partial charge in [0, 0.05) is 18.8 Å². The third-order valence-electron chi connectivity index (χ3n) is 3.97. The summed E-state index contributed by atoms with van der Waals surface area (Å²) in [6, 6.07) is 8.23. The molecule has 100 valence electrons. The fourth-order valence-electron chi connectivity index (χ4n) is 2.88. The van der Waals surface area contributed by atoms with Gasteiger partial charge >= 0.3 is 0 Å². The normalized spacial score (nSPS) is 19.9. The Morgan fingerprint density at radius 1 is 0.895 bits per heavy atom. The largest absolute Gasteiger partial charge is 0.373 e. The van der Waals surface area contributed by atoms with E-state index in [-0.39, 0.29) is 0 Å². The molecule has 3 heteroatoms. The SMILES string of the molecule is Cc1ccc(N=NC2=C3CCCCN3CCC2)cc1. The number of fused-ring (bicyclic) bond motifs is 1. The summed E-state index contributed by atoms with van der Waals surface area (Å²) in [5.41, 5.74) is 4.88. The zero-order valence-electron chi connectivity index (χ0n) is 11.6. The molecule has 0 aliphatic carbocycles. The van der Waals surface area contributed by atoms with Crippen LogP contribution in [0.1, 0.15) is 37.7 Å². The van der Waals surface area contributed by atoms with E-state index in [1.54, 1.807) is 0 Å². The van der Waals surface area contributed by atoms with E-state index < -0.39 is 0 Å². The van der Waals surface area contributed by atoms with Crippen LogP contribution in [-0.2, 0) is 0 Å². The second-order valence-electron chi connectivity index (χ2n) is 5.48. The molecule has 0 unspecified atom stereocenters. The fraction of sp³-hybridized carbons (Fsp3) is 0.500. The number of azo groups is 1. The number of rotatable bonds is 2. The summed E-state index contributed by atoms with van der Waals surface area (Å²) >= 11 is 0. The summed E-state index contributed by atoms with van der Waals surface area (Å²) in [5.74, 6) is 0. The molecule has 0 aromatic heterocycles. The molecule has 2 heterocycles. The number of hydrogen-bond donors (Lipinski definition) is 0. The third-order valence-corrected chi connectivity index (χ3v) is 3.97. The average Bonchev–Trinajstić information content (AvgIpc) is 2.47. The summed E-state index contributed by atoms with van der Waals surface area (Å²) in [6.45, 7) is 4.50. The molecule has 1 fully saturated rings. The van der Waals surface area contributed by atoms with Gasteiger partial charge < -0.3 is 4.90 Å². The Kier molecular flexibility index (Phi) is 3.62. The van der Waals surface area contributed by atoms with Gasteiger partial charge in [-0.05, 0) is 51.2 Å². The smallest absolute Gasteiger partial charge is 0.0857 e. The second kappa shape index (κ2) is 5.55. The molecule has 0 atom stereocenters. The van der Waals surface area contributed by atoms with Gasteiger partial charge in [0.25, 0.3) is 0 Å². The Morgan fingerprint density at radius 3 is 2.53 bits per heavy atom. The van der Waals surface area contributed by atoms with E-state index in [1.807, 2.05) is 12.1 Å². The molecule has 2 aliphatic heterocycles. The van der Waals surface area contributed by atoms with Gasteiger partial charge in [-0.1, -0.05) is 17.7 Å². The van der Waals surface area contributed by atoms with E-state index in [0.717, 1.165) is 12.1 Å². The maximum atomic E-state index is 4.53. The lowest BCUT2D eigenvalue weighted by Crippen LogP contribution is -2.32. The highest BCUT2D eigenvalue weighted by Gasteiger charge is 2.22. The molecule has 3 nitrogen and oxygen atoms in total. The van der Waals surface area contributed by atoms with Crippen molar-refractivity contribution in [1.29, 1.82) is 0 Å². The molecule has 1 saturated heterocycles. The van der Waals surface area contributed by atoms with Crippen molar-refractivity contribution >= 4 is 5.69 Å². The van der Waals surface area contributed by atoms with Crippen molar-refractivity contribution in [2.24, 2.45) is 10.2 Å². The van der Waals surface area contributed by atoms with Crippen molar-refractivity contribution in [1.82, 2.24) is 4.90 Å². The molecule has 1 aromatic rings. The van der Waals surface area contributed by atoms with Crippen LogP contribution >= 0.6 is 0 Å². The summed E-state index contributed by atoms with van der Waals surface area (Å²) in [6.07, 6.45) is 6.11. The lowest BCUT2D eigenvalue weighted by Gasteiger charge is -2.35. The second-order valence-corrected chi connectivity index (χ2v) is 5.48. The monoisotopic (exact) mass is 255 g/mol. The van der Waals surface area contributed by atoms with E-state index in [9.17, 15) is 0 Å². The van der Waals surface area contributed by atoms with E-state index in [1.165, 1.54) is 55.7 Å². The van der Waals surface area contributed by atoms with Crippen LogP contribution in [0.25, 0.3) is 0 Å². The molecule has 3 rings (SSSR count). The van der Waals surface area contributed by atoms with Crippen LogP contribution in [0, 0.1) is 6.92 Å². The van der Waals surface area contributed by atoms with E-state index in [2.05, 4.69) is 34.2 Å². The molecule has 0 spiro atoms. The van der Waals surface area contributed by atoms with Crippen LogP contribution in [0.5, 0.6) is 0 Å². The zero-order chi connectivity index (χ0) is 13.1. The molecule has 2 aliphatic rings. The number of aryl methyl sites for hydroxylation is 1. The molecule has 0 bridgehead atoms. The van der Waals surface area contributed by atoms with Crippen LogP contribution in [0.3, 0.4) is 0 Å². The van der Waals surface area contributed by atoms with Gasteiger partial charge in [0.2, 0.25) is 0 Å². The van der Waals surface area contributed by atoms with E-state index in [0.29, 0.717) is 0 Å². The minimum atomic E-state index is 0.951. The number of piperidine rings is 1. The lowest BCUT2D eigenvalue weighted by atomic mass is 9.99. The Hall–Kier alpha value is -1.64. The van der Waals surface area contributed by atoms with Crippen LogP contribution in [0.2, 0.25) is 0 Å². The molecule has 19 heavy (non-hydrogen) atoms. The number of hydrogen-bond acceptors (Lipinski definition) is 3. The maximum Gasteiger partial charge on any atom is 0.0857 e. The van der Waals surface area contributed by atoms with Gasteiger partial charge in [0.05, 0.1) is 11.4 Å². The quantitative estimate of drug-likeness (QED) is 0.711. The highest BCUT2D eigenvalue weighted by molar-refractivity contribution is 5.38. The molecule has 0 N–H and O–H groups in total. The van der Waals surface area contributed by atoms with Crippen molar-refractivity contribution in [2.45, 2.75) is 39.0 Å². The van der Waals surface area contributed by atoms with Gasteiger partial charge in [0.1, 0.15) is 0 Å². The molecule has 0 saturated carbocycles. The Bertz CT molecular complexity index is 499. The summed E-state index contributed by atoms with van der Waals surface area (Å²) in [7, 11) is 0. The van der Waals surface area contributed by atoms with Gasteiger partial charge in [-0.25, -0.2) is 0 Å². The van der Waals surface area contributed by atoms with E-state index in [4.69, 9.17) is 0 Å². The number of benzene rings is 1. The standard InChI is InChI=1S/C16H21N3/c1-13-7-9-14(10-8-13)17-18-15-5-4-12-19-11-3-2-6-16(15)19/h7-10H,2-6,11-12H2,1H3. The first-order valence-corrected chi connectivity index (χ1v) is 7.28. The van der Waals surface area contributed by atoms with Crippen LogP contribution in [0.4, 0.5) is 5.69 Å². The maximum absolute atomic E-state index is 4.53. The van der Waals surface area contributed by atoms with Gasteiger partial charge in [-0.3, -0.25) is 0 Å². The average molecular weight is 255 g/mol. The Labute approximate surface area is 115 Å². The van der Waals surface area contributed by atoms with Crippen molar-refractivity contribution in [3.05, 3.63) is 41.2 Å². The third kappa shape index (κ3) is 2.86. The Morgan fingerprint density at radius 2 is 1.68 bits per heavy atom. The van der Waals surface area contributed by atoms with E-state index >= 15 is 0 Å². The minimum absolute atomic E-state index is 0.951. The topological polar surface area (TPSA) is 28.0 Å². The van der Waals surface area contributed by atoms with Crippen molar-refractivity contribution in [2.75, 3.05) is 13.1 Å². The highest BCUT2D eigenvalue weighted by atomic mass is 15.2. The fourth-order valence-corrected chi connectivity index (χ4v) is 2.88. The number of nitrogens with zero attached hydrogens (tertiary/aromatic N) is 3. The van der Waals surface area contributed by atoms with Crippen LogP contribution < -0.4 is 0 Å². The first kappa shape index (κ1) is 12.4. The van der Waals surface area contributed by atoms with Crippen molar-refractivity contribution in [3.63, 3.8) is 0 Å². The number of allylic oxidation sites excluding steroid dienone is 2. The summed E-state index contributed by atoms with van der Waals surface area (Å²) in [5, 5.41) is 8.93. The Balaban J connectivity index is 1.80. The van der Waals surface area contributed by atoms with Crippen LogP contribution in [0.15, 0.2) is 45.9 Å². The highest BCUT2D eigenvalue weighted by Crippen LogP contribution is 2.31. The summed E-state index contributed by atoms with van der Waals surface area (Å²) in [4.78, 5) is 2.51. The van der Waals surface area contributed by atoms with Gasteiger partial charge in [-0.15, -0.1) is 0 Å². The minimum Gasteiger partial charge on any atom is -0.373 e. The van der Waals surface area contributed by atoms with Crippen LogP contribution in [-0.4, -0.2) is 18.0 Å².